The van der Waals surface area contributed by atoms with Crippen LogP contribution < -0.4 is 21.3 Å². The molecule has 2 rings (SSSR count). The Bertz CT molecular complexity index is 898. The number of carbonyl (C=O) groups excluding carboxylic acids is 4. The second kappa shape index (κ2) is 12.0. The van der Waals surface area contributed by atoms with Crippen LogP contribution in [0.25, 0.3) is 0 Å². The Labute approximate surface area is 180 Å². The predicted molar refractivity (Wildman–Crippen MR) is 114 cm³/mol. The number of imide groups is 1. The van der Waals surface area contributed by atoms with E-state index in [9.17, 15) is 19.2 Å². The van der Waals surface area contributed by atoms with Crippen molar-refractivity contribution in [1.29, 1.82) is 0 Å². The Morgan fingerprint density at radius 1 is 0.806 bits per heavy atom. The van der Waals surface area contributed by atoms with Crippen molar-refractivity contribution in [3.8, 4) is 0 Å². The average Bonchev–Trinajstić information content (AvgIpc) is 2.75. The molecular formula is C22H26N4O5. The van der Waals surface area contributed by atoms with Gasteiger partial charge in [0.1, 0.15) is 0 Å². The predicted octanol–water partition coefficient (Wildman–Crippen LogP) is 2.08. The lowest BCUT2D eigenvalue weighted by Gasteiger charge is -2.10. The number of hydrogen-bond donors (Lipinski definition) is 4. The molecule has 0 radical (unpaired) electrons. The number of rotatable bonds is 8. The highest BCUT2D eigenvalue weighted by atomic mass is 16.5. The van der Waals surface area contributed by atoms with Gasteiger partial charge < -0.3 is 20.7 Å². The molecule has 0 aliphatic rings. The lowest BCUT2D eigenvalue weighted by Crippen LogP contribution is -2.41. The van der Waals surface area contributed by atoms with Crippen LogP contribution in [-0.2, 0) is 22.6 Å². The first-order chi connectivity index (χ1) is 14.8. The molecule has 0 spiro atoms. The summed E-state index contributed by atoms with van der Waals surface area (Å²) < 4.78 is 4.92. The molecule has 9 heteroatoms. The maximum atomic E-state index is 12.1. The minimum absolute atomic E-state index is 0.0317. The van der Waals surface area contributed by atoms with Crippen molar-refractivity contribution in [1.82, 2.24) is 21.3 Å². The van der Waals surface area contributed by atoms with Gasteiger partial charge in [0, 0.05) is 19.1 Å². The Morgan fingerprint density at radius 2 is 1.39 bits per heavy atom. The largest absolute Gasteiger partial charge is 0.452 e. The van der Waals surface area contributed by atoms with E-state index in [1.165, 1.54) is 12.1 Å². The van der Waals surface area contributed by atoms with Crippen LogP contribution in [0.3, 0.4) is 0 Å². The molecule has 31 heavy (non-hydrogen) atoms. The fourth-order valence-electron chi connectivity index (χ4n) is 2.45. The molecule has 9 nitrogen and oxygen atoms in total. The Kier molecular flexibility index (Phi) is 9.03. The third-order valence-electron chi connectivity index (χ3n) is 3.95. The molecule has 0 unspecified atom stereocenters. The summed E-state index contributed by atoms with van der Waals surface area (Å²) >= 11 is 0. The van der Waals surface area contributed by atoms with Crippen molar-refractivity contribution >= 4 is 23.9 Å². The molecule has 2 aromatic carbocycles. The van der Waals surface area contributed by atoms with Gasteiger partial charge in [-0.15, -0.1) is 0 Å². The van der Waals surface area contributed by atoms with Gasteiger partial charge >= 0.3 is 18.0 Å². The molecule has 4 N–H and O–H groups in total. The zero-order valence-corrected chi connectivity index (χ0v) is 17.4. The summed E-state index contributed by atoms with van der Waals surface area (Å²) in [7, 11) is 0. The summed E-state index contributed by atoms with van der Waals surface area (Å²) in [5, 5.41) is 10.0. The van der Waals surface area contributed by atoms with Gasteiger partial charge in [0.05, 0.1) is 5.56 Å². The van der Waals surface area contributed by atoms with Gasteiger partial charge in [0.15, 0.2) is 6.61 Å². The highest BCUT2D eigenvalue weighted by molar-refractivity contribution is 5.97. The van der Waals surface area contributed by atoms with Gasteiger partial charge in [0.25, 0.3) is 5.91 Å². The smallest absolute Gasteiger partial charge is 0.338 e. The number of esters is 1. The molecule has 0 fully saturated rings. The number of benzene rings is 2. The summed E-state index contributed by atoms with van der Waals surface area (Å²) in [6, 6.07) is 14.7. The van der Waals surface area contributed by atoms with E-state index in [2.05, 4.69) is 21.3 Å². The van der Waals surface area contributed by atoms with Crippen molar-refractivity contribution in [3.05, 3.63) is 71.3 Å². The van der Waals surface area contributed by atoms with Gasteiger partial charge in [0.2, 0.25) is 0 Å². The van der Waals surface area contributed by atoms with E-state index in [4.69, 9.17) is 4.74 Å². The van der Waals surface area contributed by atoms with Crippen molar-refractivity contribution in [2.75, 3.05) is 6.61 Å². The summed E-state index contributed by atoms with van der Waals surface area (Å²) in [6.45, 7) is 3.69. The molecule has 0 bridgehead atoms. The normalized spacial score (nSPS) is 10.2. The monoisotopic (exact) mass is 426 g/mol. The SMILES string of the molecule is CC(C)NC(=O)NCc1ccc(C(=O)OCC(=O)NC(=O)NCc2ccccc2)cc1. The third kappa shape index (κ3) is 8.99. The van der Waals surface area contributed by atoms with Crippen molar-refractivity contribution < 1.29 is 23.9 Å². The Morgan fingerprint density at radius 3 is 2.00 bits per heavy atom. The van der Waals surface area contributed by atoms with Crippen LogP contribution in [0.4, 0.5) is 9.59 Å². The Balaban J connectivity index is 1.70. The summed E-state index contributed by atoms with van der Waals surface area (Å²) in [5.41, 5.74) is 1.93. The molecule has 0 aromatic heterocycles. The molecule has 0 heterocycles. The number of ether oxygens (including phenoxy) is 1. The van der Waals surface area contributed by atoms with E-state index in [1.807, 2.05) is 44.2 Å². The highest BCUT2D eigenvalue weighted by Gasteiger charge is 2.12. The number of nitrogens with one attached hydrogen (secondary N) is 4. The van der Waals surface area contributed by atoms with Crippen LogP contribution in [0, 0.1) is 0 Å². The third-order valence-corrected chi connectivity index (χ3v) is 3.95. The van der Waals surface area contributed by atoms with E-state index in [0.717, 1.165) is 11.1 Å². The second-order valence-electron chi connectivity index (χ2n) is 6.97. The zero-order valence-electron chi connectivity index (χ0n) is 17.4. The molecule has 0 aliphatic heterocycles. The van der Waals surface area contributed by atoms with Gasteiger partial charge in [-0.25, -0.2) is 14.4 Å². The van der Waals surface area contributed by atoms with Crippen LogP contribution in [0.1, 0.15) is 35.3 Å². The van der Waals surface area contributed by atoms with Crippen molar-refractivity contribution in [2.45, 2.75) is 33.0 Å². The maximum Gasteiger partial charge on any atom is 0.338 e. The quantitative estimate of drug-likeness (QED) is 0.481. The standard InChI is InChI=1S/C22H26N4O5/c1-15(2)25-21(29)23-13-17-8-10-18(11-9-17)20(28)31-14-19(27)26-22(30)24-12-16-6-4-3-5-7-16/h3-11,15H,12-14H2,1-2H3,(H2,23,25,29)(H2,24,26,27,30). The maximum absolute atomic E-state index is 12.1. The molecule has 164 valence electrons. The molecule has 0 saturated carbocycles. The molecule has 0 atom stereocenters. The van der Waals surface area contributed by atoms with Crippen LogP contribution in [0.2, 0.25) is 0 Å². The van der Waals surface area contributed by atoms with E-state index < -0.39 is 24.5 Å². The highest BCUT2D eigenvalue weighted by Crippen LogP contribution is 2.06. The number of urea groups is 2. The fraction of sp³-hybridized carbons (Fsp3) is 0.273. The van der Waals surface area contributed by atoms with Gasteiger partial charge in [-0.1, -0.05) is 42.5 Å². The summed E-state index contributed by atoms with van der Waals surface area (Å²) in [6.07, 6.45) is 0. The van der Waals surface area contributed by atoms with Gasteiger partial charge in [-0.3, -0.25) is 10.1 Å². The number of amides is 5. The minimum atomic E-state index is -0.740. The minimum Gasteiger partial charge on any atom is -0.452 e. The first-order valence-corrected chi connectivity index (χ1v) is 9.75. The fourth-order valence-corrected chi connectivity index (χ4v) is 2.45. The lowest BCUT2D eigenvalue weighted by molar-refractivity contribution is -0.123. The van der Waals surface area contributed by atoms with E-state index in [-0.39, 0.29) is 24.2 Å². The van der Waals surface area contributed by atoms with E-state index in [0.29, 0.717) is 6.54 Å². The molecule has 2 aromatic rings. The zero-order chi connectivity index (χ0) is 22.6. The van der Waals surface area contributed by atoms with Crippen LogP contribution in [0.15, 0.2) is 54.6 Å². The molecular weight excluding hydrogens is 400 g/mol. The van der Waals surface area contributed by atoms with E-state index >= 15 is 0 Å². The number of carbonyl (C=O) groups is 4. The number of hydrogen-bond acceptors (Lipinski definition) is 5. The lowest BCUT2D eigenvalue weighted by atomic mass is 10.1. The van der Waals surface area contributed by atoms with Gasteiger partial charge in [-0.2, -0.15) is 0 Å². The van der Waals surface area contributed by atoms with Crippen LogP contribution >= 0.6 is 0 Å². The van der Waals surface area contributed by atoms with Gasteiger partial charge in [-0.05, 0) is 37.1 Å². The summed E-state index contributed by atoms with van der Waals surface area (Å²) in [4.78, 5) is 47.2. The van der Waals surface area contributed by atoms with Crippen LogP contribution in [0.5, 0.6) is 0 Å². The Hall–Kier alpha value is -3.88. The van der Waals surface area contributed by atoms with Crippen molar-refractivity contribution in [3.63, 3.8) is 0 Å². The topological polar surface area (TPSA) is 126 Å². The first-order valence-electron chi connectivity index (χ1n) is 9.75. The second-order valence-corrected chi connectivity index (χ2v) is 6.97. The van der Waals surface area contributed by atoms with E-state index in [1.54, 1.807) is 12.1 Å². The summed E-state index contributed by atoms with van der Waals surface area (Å²) in [5.74, 6) is -1.44. The molecule has 0 aliphatic carbocycles. The average molecular weight is 426 g/mol. The van der Waals surface area contributed by atoms with Crippen molar-refractivity contribution in [2.24, 2.45) is 0 Å². The first kappa shape index (κ1) is 23.4. The molecule has 5 amide bonds. The molecule has 0 saturated heterocycles. The van der Waals surface area contributed by atoms with Crippen LogP contribution in [-0.4, -0.2) is 36.6 Å².